The maximum absolute atomic E-state index is 10.5. The molecule has 0 aromatic carbocycles. The Morgan fingerprint density at radius 3 is 2.54 bits per heavy atom. The Kier molecular flexibility index (Phi) is 5.25. The summed E-state index contributed by atoms with van der Waals surface area (Å²) in [7, 11) is 0. The Labute approximate surface area is 89.4 Å². The summed E-state index contributed by atoms with van der Waals surface area (Å²) in [5.74, 6) is 3.52. The van der Waals surface area contributed by atoms with Crippen molar-refractivity contribution >= 4 is 29.8 Å². The van der Waals surface area contributed by atoms with Crippen LogP contribution in [0, 0.1) is 11.8 Å². The quantitative estimate of drug-likeness (QED) is 0.675. The van der Waals surface area contributed by atoms with Crippen LogP contribution in [-0.4, -0.2) is 22.4 Å². The first-order valence-electron chi connectivity index (χ1n) is 4.92. The van der Waals surface area contributed by atoms with Gasteiger partial charge in [0.25, 0.3) is 0 Å². The lowest BCUT2D eigenvalue weighted by molar-refractivity contribution is -0.111. The number of aldehydes is 1. The van der Waals surface area contributed by atoms with Gasteiger partial charge in [0.2, 0.25) is 0 Å². The molecular weight excluding hydrogens is 200 g/mol. The van der Waals surface area contributed by atoms with Gasteiger partial charge in [-0.05, 0) is 30.3 Å². The molecule has 0 aromatic rings. The molecule has 13 heavy (non-hydrogen) atoms. The summed E-state index contributed by atoms with van der Waals surface area (Å²) in [6, 6.07) is 0. The van der Waals surface area contributed by atoms with Crippen LogP contribution in [0.4, 0.5) is 0 Å². The molecule has 1 heterocycles. The van der Waals surface area contributed by atoms with Crippen molar-refractivity contribution in [1.82, 2.24) is 0 Å². The van der Waals surface area contributed by atoms with E-state index in [2.05, 4.69) is 30.4 Å². The first-order chi connectivity index (χ1) is 6.24. The monoisotopic (exact) mass is 218 g/mol. The van der Waals surface area contributed by atoms with Gasteiger partial charge in [0.05, 0.1) is 4.58 Å². The topological polar surface area (TPSA) is 17.1 Å². The van der Waals surface area contributed by atoms with Gasteiger partial charge in [0.1, 0.15) is 6.29 Å². The summed E-state index contributed by atoms with van der Waals surface area (Å²) in [5.41, 5.74) is 0. The Morgan fingerprint density at radius 2 is 2.00 bits per heavy atom. The third-order valence-corrected chi connectivity index (χ3v) is 5.74. The van der Waals surface area contributed by atoms with E-state index in [0.717, 1.165) is 17.3 Å². The fraction of sp³-hybridized carbons (Fsp3) is 0.900. The van der Waals surface area contributed by atoms with Crippen LogP contribution in [-0.2, 0) is 4.79 Å². The zero-order valence-electron chi connectivity index (χ0n) is 8.36. The molecule has 2 atom stereocenters. The van der Waals surface area contributed by atoms with Crippen molar-refractivity contribution in [1.29, 1.82) is 0 Å². The van der Waals surface area contributed by atoms with Crippen LogP contribution in [0.5, 0.6) is 0 Å². The Balaban J connectivity index is 2.28. The third-order valence-electron chi connectivity index (χ3n) is 2.29. The molecule has 1 rings (SSSR count). The van der Waals surface area contributed by atoms with Crippen LogP contribution in [0.3, 0.4) is 0 Å². The molecule has 76 valence electrons. The van der Waals surface area contributed by atoms with Gasteiger partial charge < -0.3 is 4.79 Å². The van der Waals surface area contributed by atoms with Crippen molar-refractivity contribution in [2.45, 2.75) is 31.3 Å². The molecule has 0 spiro atoms. The molecule has 1 aliphatic heterocycles. The molecule has 0 saturated carbocycles. The van der Waals surface area contributed by atoms with Crippen LogP contribution >= 0.6 is 23.5 Å². The van der Waals surface area contributed by atoms with Crippen molar-refractivity contribution in [3.8, 4) is 0 Å². The molecule has 1 nitrogen and oxygen atoms in total. The molecular formula is C10H18OS2. The van der Waals surface area contributed by atoms with Crippen LogP contribution in [0.1, 0.15) is 26.7 Å². The van der Waals surface area contributed by atoms with E-state index in [1.54, 1.807) is 0 Å². The minimum absolute atomic E-state index is 0.234. The van der Waals surface area contributed by atoms with Crippen molar-refractivity contribution in [3.63, 3.8) is 0 Å². The molecule has 0 N–H and O–H groups in total. The van der Waals surface area contributed by atoms with E-state index in [4.69, 9.17) is 0 Å². The molecule has 0 bridgehead atoms. The highest BCUT2D eigenvalue weighted by molar-refractivity contribution is 8.17. The second-order valence-corrected chi connectivity index (χ2v) is 6.59. The Morgan fingerprint density at radius 1 is 1.38 bits per heavy atom. The second kappa shape index (κ2) is 5.97. The lowest BCUT2D eigenvalue weighted by Gasteiger charge is -2.27. The minimum atomic E-state index is 0.234. The van der Waals surface area contributed by atoms with E-state index in [9.17, 15) is 4.79 Å². The molecule has 0 aliphatic carbocycles. The van der Waals surface area contributed by atoms with E-state index in [-0.39, 0.29) is 5.92 Å². The summed E-state index contributed by atoms with van der Waals surface area (Å²) < 4.78 is 0.733. The fourth-order valence-corrected chi connectivity index (χ4v) is 4.70. The standard InChI is InChI=1S/C10H18OS2/c1-8(7-11)6-9(2)10-12-4-3-5-13-10/h7-10H,3-6H2,1-2H3. The summed E-state index contributed by atoms with van der Waals surface area (Å²) in [5, 5.41) is 0. The second-order valence-electron chi connectivity index (χ2n) is 3.79. The van der Waals surface area contributed by atoms with Gasteiger partial charge in [-0.2, -0.15) is 0 Å². The Bertz CT molecular complexity index is 155. The number of rotatable bonds is 4. The van der Waals surface area contributed by atoms with Crippen LogP contribution < -0.4 is 0 Å². The zero-order valence-corrected chi connectivity index (χ0v) is 10.00. The lowest BCUT2D eigenvalue weighted by atomic mass is 10.0. The van der Waals surface area contributed by atoms with Crippen molar-refractivity contribution in [2.24, 2.45) is 11.8 Å². The normalized spacial score (nSPS) is 23.8. The zero-order chi connectivity index (χ0) is 9.68. The maximum atomic E-state index is 10.5. The highest BCUT2D eigenvalue weighted by atomic mass is 32.2. The molecule has 0 aromatic heterocycles. The molecule has 1 fully saturated rings. The van der Waals surface area contributed by atoms with Crippen LogP contribution in [0.2, 0.25) is 0 Å². The van der Waals surface area contributed by atoms with Crippen LogP contribution in [0.15, 0.2) is 0 Å². The van der Waals surface area contributed by atoms with E-state index in [0.29, 0.717) is 5.92 Å². The summed E-state index contributed by atoms with van der Waals surface area (Å²) in [6.45, 7) is 4.29. The lowest BCUT2D eigenvalue weighted by Crippen LogP contribution is -2.18. The van der Waals surface area contributed by atoms with Crippen molar-refractivity contribution in [3.05, 3.63) is 0 Å². The van der Waals surface area contributed by atoms with E-state index in [1.165, 1.54) is 17.9 Å². The van der Waals surface area contributed by atoms with Crippen LogP contribution in [0.25, 0.3) is 0 Å². The SMILES string of the molecule is CC(C=O)CC(C)C1SCCCS1. The summed E-state index contributed by atoms with van der Waals surface area (Å²) in [4.78, 5) is 10.5. The molecule has 2 unspecified atom stereocenters. The molecule has 0 radical (unpaired) electrons. The van der Waals surface area contributed by atoms with Gasteiger partial charge in [-0.25, -0.2) is 0 Å². The smallest absolute Gasteiger partial charge is 0.122 e. The number of hydrogen-bond donors (Lipinski definition) is 0. The fourth-order valence-electron chi connectivity index (χ4n) is 1.59. The Hall–Kier alpha value is 0.370. The average Bonchev–Trinajstić information content (AvgIpc) is 2.19. The highest BCUT2D eigenvalue weighted by Gasteiger charge is 2.22. The third kappa shape index (κ3) is 3.94. The van der Waals surface area contributed by atoms with Gasteiger partial charge in [-0.1, -0.05) is 13.8 Å². The number of carbonyl (C=O) groups excluding carboxylic acids is 1. The highest BCUT2D eigenvalue weighted by Crippen LogP contribution is 2.37. The number of thioether (sulfide) groups is 2. The first kappa shape index (κ1) is 11.4. The average molecular weight is 218 g/mol. The molecule has 0 amide bonds. The first-order valence-corrected chi connectivity index (χ1v) is 7.02. The summed E-state index contributed by atoms with van der Waals surface area (Å²) >= 11 is 4.14. The molecule has 1 saturated heterocycles. The van der Waals surface area contributed by atoms with Gasteiger partial charge in [0, 0.05) is 5.92 Å². The van der Waals surface area contributed by atoms with E-state index in [1.807, 2.05) is 6.92 Å². The maximum Gasteiger partial charge on any atom is 0.122 e. The van der Waals surface area contributed by atoms with Gasteiger partial charge >= 0.3 is 0 Å². The van der Waals surface area contributed by atoms with Crippen molar-refractivity contribution < 1.29 is 4.79 Å². The molecule has 1 aliphatic rings. The number of hydrogen-bond acceptors (Lipinski definition) is 3. The predicted octanol–water partition coefficient (Wildman–Crippen LogP) is 3.04. The largest absolute Gasteiger partial charge is 0.303 e. The van der Waals surface area contributed by atoms with Gasteiger partial charge in [-0.3, -0.25) is 0 Å². The number of carbonyl (C=O) groups is 1. The van der Waals surface area contributed by atoms with E-state index >= 15 is 0 Å². The van der Waals surface area contributed by atoms with E-state index < -0.39 is 0 Å². The summed E-state index contributed by atoms with van der Waals surface area (Å²) in [6.07, 6.45) is 3.48. The van der Waals surface area contributed by atoms with Crippen molar-refractivity contribution in [2.75, 3.05) is 11.5 Å². The predicted molar refractivity (Wildman–Crippen MR) is 62.3 cm³/mol. The van der Waals surface area contributed by atoms with Gasteiger partial charge in [-0.15, -0.1) is 23.5 Å². The minimum Gasteiger partial charge on any atom is -0.303 e. The molecule has 3 heteroatoms. The van der Waals surface area contributed by atoms with Gasteiger partial charge in [0.15, 0.2) is 0 Å².